The molecule has 0 saturated heterocycles. The summed E-state index contributed by atoms with van der Waals surface area (Å²) in [6.45, 7) is 1.07. The van der Waals surface area contributed by atoms with Gasteiger partial charge in [-0.1, -0.05) is 0 Å². The van der Waals surface area contributed by atoms with Crippen LogP contribution in [0, 0.1) is 12.3 Å². The average molecular weight is 239 g/mol. The van der Waals surface area contributed by atoms with E-state index >= 15 is 0 Å². The van der Waals surface area contributed by atoms with Crippen molar-refractivity contribution in [2.45, 2.75) is 6.42 Å². The van der Waals surface area contributed by atoms with Gasteiger partial charge in [-0.2, -0.15) is 0 Å². The van der Waals surface area contributed by atoms with Crippen molar-refractivity contribution in [3.05, 3.63) is 0 Å². The van der Waals surface area contributed by atoms with Crippen LogP contribution in [0.25, 0.3) is 0 Å². The topological polar surface area (TPSA) is 0 Å². The predicted octanol–water partition coefficient (Wildman–Crippen LogP) is -2.28. The summed E-state index contributed by atoms with van der Waals surface area (Å²) in [6, 6.07) is 0. The highest BCUT2D eigenvalue weighted by atomic mass is 127. The van der Waals surface area contributed by atoms with E-state index in [-0.39, 0.29) is 24.0 Å². The highest BCUT2D eigenvalue weighted by molar-refractivity contribution is 4.82. The van der Waals surface area contributed by atoms with Crippen molar-refractivity contribution in [1.82, 2.24) is 0 Å². The number of quaternary nitrogens is 1. The minimum atomic E-state index is 0. The summed E-state index contributed by atoms with van der Waals surface area (Å²) < 4.78 is 0.962. The zero-order chi connectivity index (χ0) is 6.62. The first-order valence-electron chi connectivity index (χ1n) is 2.80. The van der Waals surface area contributed by atoms with E-state index in [1.54, 1.807) is 0 Å². The maximum atomic E-state index is 5.08. The monoisotopic (exact) mass is 239 g/mol. The first-order chi connectivity index (χ1) is 3.56. The Morgan fingerprint density at radius 2 is 1.78 bits per heavy atom. The highest BCUT2D eigenvalue weighted by Crippen LogP contribution is 1.90. The van der Waals surface area contributed by atoms with Crippen molar-refractivity contribution < 1.29 is 28.5 Å². The van der Waals surface area contributed by atoms with Crippen LogP contribution in [-0.2, 0) is 0 Å². The van der Waals surface area contributed by atoms with Gasteiger partial charge in [0.1, 0.15) is 0 Å². The molecule has 2 heteroatoms. The Morgan fingerprint density at radius 1 is 1.33 bits per heavy atom. The van der Waals surface area contributed by atoms with Crippen molar-refractivity contribution in [1.29, 1.82) is 0 Å². The minimum absolute atomic E-state index is 0. The van der Waals surface area contributed by atoms with Crippen LogP contribution in [0.1, 0.15) is 6.42 Å². The smallest absolute Gasteiger partial charge is 0.0891 e. The average Bonchev–Trinajstić information content (AvgIpc) is 1.59. The van der Waals surface area contributed by atoms with Gasteiger partial charge in [0.15, 0.2) is 0 Å². The Bertz CT molecular complexity index is 96.5. The zero-order valence-electron chi connectivity index (χ0n) is 6.32. The van der Waals surface area contributed by atoms with Gasteiger partial charge in [-0.25, -0.2) is 0 Å². The second-order valence-electron chi connectivity index (χ2n) is 2.97. The maximum Gasteiger partial charge on any atom is 0.0891 e. The summed E-state index contributed by atoms with van der Waals surface area (Å²) in [7, 11) is 6.41. The largest absolute Gasteiger partial charge is 1.00 e. The van der Waals surface area contributed by atoms with Gasteiger partial charge >= 0.3 is 0 Å². The van der Waals surface area contributed by atoms with Gasteiger partial charge in [0.05, 0.1) is 34.1 Å². The SMILES string of the molecule is C#CCC[N+](C)(C)C.[I-]. The Labute approximate surface area is 75.0 Å². The molecule has 0 amide bonds. The maximum absolute atomic E-state index is 5.08. The van der Waals surface area contributed by atoms with E-state index in [1.165, 1.54) is 0 Å². The van der Waals surface area contributed by atoms with E-state index in [4.69, 9.17) is 6.42 Å². The van der Waals surface area contributed by atoms with Crippen molar-refractivity contribution >= 4 is 0 Å². The summed E-state index contributed by atoms with van der Waals surface area (Å²) in [6.07, 6.45) is 5.95. The molecule has 0 aliphatic heterocycles. The normalized spacial score (nSPS) is 9.56. The van der Waals surface area contributed by atoms with Gasteiger partial charge < -0.3 is 28.5 Å². The second-order valence-corrected chi connectivity index (χ2v) is 2.97. The van der Waals surface area contributed by atoms with E-state index < -0.39 is 0 Å². The summed E-state index contributed by atoms with van der Waals surface area (Å²) in [4.78, 5) is 0. The lowest BCUT2D eigenvalue weighted by Gasteiger charge is -2.22. The van der Waals surface area contributed by atoms with Crippen LogP contribution in [0.4, 0.5) is 0 Å². The molecule has 0 unspecified atom stereocenters. The zero-order valence-corrected chi connectivity index (χ0v) is 8.47. The number of rotatable bonds is 2. The Kier molecular flexibility index (Phi) is 6.74. The second kappa shape index (κ2) is 5.07. The van der Waals surface area contributed by atoms with Crippen LogP contribution in [0.3, 0.4) is 0 Å². The molecular weight excluding hydrogens is 225 g/mol. The predicted molar refractivity (Wildman–Crippen MR) is 36.3 cm³/mol. The molecule has 0 radical (unpaired) electrons. The molecular formula is C7H14IN. The molecule has 0 saturated carbocycles. The standard InChI is InChI=1S/C7H14N.HI/c1-5-6-7-8(2,3)4;/h1H,6-7H2,2-4H3;1H/q+1;/p-1. The van der Waals surface area contributed by atoms with Crippen LogP contribution >= 0.6 is 0 Å². The molecule has 9 heavy (non-hydrogen) atoms. The van der Waals surface area contributed by atoms with E-state index in [2.05, 4.69) is 27.1 Å². The third kappa shape index (κ3) is 11.7. The summed E-state index contributed by atoms with van der Waals surface area (Å²) in [5.74, 6) is 2.61. The van der Waals surface area contributed by atoms with Crippen molar-refractivity contribution in [2.24, 2.45) is 0 Å². The molecule has 0 aliphatic carbocycles. The molecule has 0 aromatic rings. The van der Waals surface area contributed by atoms with Crippen LogP contribution in [0.15, 0.2) is 0 Å². The van der Waals surface area contributed by atoms with Gasteiger partial charge in [0, 0.05) is 0 Å². The lowest BCUT2D eigenvalue weighted by Crippen LogP contribution is -3.00. The van der Waals surface area contributed by atoms with E-state index in [0.717, 1.165) is 17.4 Å². The molecule has 0 aromatic carbocycles. The number of hydrogen-bond acceptors (Lipinski definition) is 0. The highest BCUT2D eigenvalue weighted by Gasteiger charge is 2.02. The number of hydrogen-bond donors (Lipinski definition) is 0. The van der Waals surface area contributed by atoms with Gasteiger partial charge in [-0.05, 0) is 0 Å². The molecule has 54 valence electrons. The fourth-order valence-corrected chi connectivity index (χ4v) is 0.400. The molecule has 1 nitrogen and oxygen atoms in total. The van der Waals surface area contributed by atoms with Crippen LogP contribution < -0.4 is 24.0 Å². The summed E-state index contributed by atoms with van der Waals surface area (Å²) in [5.41, 5.74) is 0. The van der Waals surface area contributed by atoms with E-state index in [0.29, 0.717) is 0 Å². The number of terminal acetylenes is 1. The molecule has 0 aromatic heterocycles. The lowest BCUT2D eigenvalue weighted by molar-refractivity contribution is -0.869. The first kappa shape index (κ1) is 12.0. The molecule has 0 atom stereocenters. The first-order valence-corrected chi connectivity index (χ1v) is 2.80. The molecule has 0 fully saturated rings. The van der Waals surface area contributed by atoms with Crippen molar-refractivity contribution in [2.75, 3.05) is 27.7 Å². The Hall–Kier alpha value is 0.250. The molecule has 0 bridgehead atoms. The van der Waals surface area contributed by atoms with Crippen LogP contribution in [-0.4, -0.2) is 32.2 Å². The van der Waals surface area contributed by atoms with Gasteiger partial charge in [-0.3, -0.25) is 0 Å². The molecule has 0 aliphatic rings. The lowest BCUT2D eigenvalue weighted by atomic mass is 10.4. The molecule has 0 N–H and O–H groups in total. The van der Waals surface area contributed by atoms with Gasteiger partial charge in [-0.15, -0.1) is 12.3 Å². The van der Waals surface area contributed by atoms with E-state index in [9.17, 15) is 0 Å². The van der Waals surface area contributed by atoms with Crippen LogP contribution in [0.2, 0.25) is 0 Å². The fourth-order valence-electron chi connectivity index (χ4n) is 0.400. The third-order valence-electron chi connectivity index (χ3n) is 0.927. The number of halogens is 1. The quantitative estimate of drug-likeness (QED) is 0.289. The molecule has 0 rings (SSSR count). The Balaban J connectivity index is 0. The molecule has 0 spiro atoms. The minimum Gasteiger partial charge on any atom is -1.00 e. The Morgan fingerprint density at radius 3 is 1.89 bits per heavy atom. The third-order valence-corrected chi connectivity index (χ3v) is 0.927. The van der Waals surface area contributed by atoms with Gasteiger partial charge in [0.25, 0.3) is 0 Å². The number of nitrogens with zero attached hydrogens (tertiary/aromatic N) is 1. The van der Waals surface area contributed by atoms with Crippen LogP contribution in [0.5, 0.6) is 0 Å². The van der Waals surface area contributed by atoms with Gasteiger partial charge in [0.2, 0.25) is 0 Å². The molecule has 0 heterocycles. The van der Waals surface area contributed by atoms with Crippen molar-refractivity contribution in [3.8, 4) is 12.3 Å². The van der Waals surface area contributed by atoms with E-state index in [1.807, 2.05) is 0 Å². The summed E-state index contributed by atoms with van der Waals surface area (Å²) in [5, 5.41) is 0. The summed E-state index contributed by atoms with van der Waals surface area (Å²) >= 11 is 0. The van der Waals surface area contributed by atoms with Crippen molar-refractivity contribution in [3.63, 3.8) is 0 Å². The fraction of sp³-hybridized carbons (Fsp3) is 0.714.